The summed E-state index contributed by atoms with van der Waals surface area (Å²) in [5.41, 5.74) is -0.149. The van der Waals surface area contributed by atoms with Gasteiger partial charge >= 0.3 is 0 Å². The molecule has 0 aliphatic heterocycles. The summed E-state index contributed by atoms with van der Waals surface area (Å²) in [6.45, 7) is 11.9. The third kappa shape index (κ3) is 8.92. The predicted octanol–water partition coefficient (Wildman–Crippen LogP) is 2.19. The van der Waals surface area contributed by atoms with Crippen LogP contribution in [-0.4, -0.2) is 35.4 Å². The molecule has 112 valence electrons. The molecule has 2 N–H and O–H groups in total. The molecule has 19 heavy (non-hydrogen) atoms. The highest BCUT2D eigenvalue weighted by molar-refractivity contribution is 7.98. The molecule has 0 fully saturated rings. The lowest BCUT2D eigenvalue weighted by atomic mass is 9.81. The number of amides is 2. The fourth-order valence-electron chi connectivity index (χ4n) is 2.39. The van der Waals surface area contributed by atoms with Gasteiger partial charge in [0.2, 0.25) is 11.8 Å². The van der Waals surface area contributed by atoms with E-state index in [1.807, 2.05) is 20.1 Å². The molecule has 5 heteroatoms. The standard InChI is InChI=1S/C14H28N2O2S/c1-10(17)15-11(8-19-7)12(18)16-14(5,6)9-13(2,3)4/h11H,8-9H2,1-7H3,(H,15,17)(H,16,18)/t11-/m0/s1. The van der Waals surface area contributed by atoms with Crippen molar-refractivity contribution in [3.8, 4) is 0 Å². The van der Waals surface area contributed by atoms with Crippen LogP contribution < -0.4 is 10.6 Å². The van der Waals surface area contributed by atoms with E-state index < -0.39 is 6.04 Å². The Hall–Kier alpha value is -0.710. The Kier molecular flexibility index (Phi) is 6.91. The second kappa shape index (κ2) is 7.17. The van der Waals surface area contributed by atoms with Crippen molar-refractivity contribution >= 4 is 23.6 Å². The van der Waals surface area contributed by atoms with Crippen molar-refractivity contribution in [1.82, 2.24) is 10.6 Å². The van der Waals surface area contributed by atoms with E-state index in [0.717, 1.165) is 6.42 Å². The number of carbonyl (C=O) groups is 2. The molecule has 0 bridgehead atoms. The van der Waals surface area contributed by atoms with Crippen LogP contribution in [0, 0.1) is 5.41 Å². The third-order valence-corrected chi connectivity index (χ3v) is 3.13. The molecule has 0 heterocycles. The zero-order valence-electron chi connectivity index (χ0n) is 13.2. The summed E-state index contributed by atoms with van der Waals surface area (Å²) < 4.78 is 0. The Bertz CT molecular complexity index is 322. The van der Waals surface area contributed by atoms with E-state index in [4.69, 9.17) is 0 Å². The van der Waals surface area contributed by atoms with Crippen LogP contribution in [0.2, 0.25) is 0 Å². The molecule has 0 saturated heterocycles. The second-order valence-electron chi connectivity index (χ2n) is 6.82. The maximum absolute atomic E-state index is 12.2. The van der Waals surface area contributed by atoms with Crippen molar-refractivity contribution in [2.24, 2.45) is 5.41 Å². The fourth-order valence-corrected chi connectivity index (χ4v) is 2.95. The van der Waals surface area contributed by atoms with Gasteiger partial charge < -0.3 is 10.6 Å². The fraction of sp³-hybridized carbons (Fsp3) is 0.857. The van der Waals surface area contributed by atoms with Gasteiger partial charge in [0.05, 0.1) is 0 Å². The van der Waals surface area contributed by atoms with Gasteiger partial charge in [0.1, 0.15) is 6.04 Å². The molecule has 0 aliphatic rings. The van der Waals surface area contributed by atoms with Crippen LogP contribution in [-0.2, 0) is 9.59 Å². The highest BCUT2D eigenvalue weighted by atomic mass is 32.2. The molecule has 4 nitrogen and oxygen atoms in total. The van der Waals surface area contributed by atoms with Crippen molar-refractivity contribution in [1.29, 1.82) is 0 Å². The Balaban J connectivity index is 4.65. The molecule has 0 aliphatic carbocycles. The summed E-state index contributed by atoms with van der Waals surface area (Å²) >= 11 is 1.54. The first-order chi connectivity index (χ1) is 8.47. The van der Waals surface area contributed by atoms with Crippen molar-refractivity contribution in [2.75, 3.05) is 12.0 Å². The Labute approximate surface area is 121 Å². The van der Waals surface area contributed by atoms with E-state index >= 15 is 0 Å². The Morgan fingerprint density at radius 2 is 1.68 bits per heavy atom. The summed E-state index contributed by atoms with van der Waals surface area (Å²) in [4.78, 5) is 23.4. The van der Waals surface area contributed by atoms with E-state index in [0.29, 0.717) is 5.75 Å². The number of thioether (sulfide) groups is 1. The van der Waals surface area contributed by atoms with Crippen molar-refractivity contribution in [3.63, 3.8) is 0 Å². The molecular weight excluding hydrogens is 260 g/mol. The zero-order valence-corrected chi connectivity index (χ0v) is 14.0. The summed E-state index contributed by atoms with van der Waals surface area (Å²) in [5.74, 6) is 0.290. The first-order valence-electron chi connectivity index (χ1n) is 6.55. The molecule has 0 spiro atoms. The molecule has 0 aromatic carbocycles. The van der Waals surface area contributed by atoms with E-state index in [9.17, 15) is 9.59 Å². The number of rotatable bonds is 6. The van der Waals surface area contributed by atoms with Crippen LogP contribution >= 0.6 is 11.8 Å². The summed E-state index contributed by atoms with van der Waals surface area (Å²) in [6.07, 6.45) is 2.79. The quantitative estimate of drug-likeness (QED) is 0.787. The average Bonchev–Trinajstić information content (AvgIpc) is 2.11. The van der Waals surface area contributed by atoms with Gasteiger partial charge in [-0.15, -0.1) is 0 Å². The van der Waals surface area contributed by atoms with Crippen LogP contribution in [0.15, 0.2) is 0 Å². The number of hydrogen-bond acceptors (Lipinski definition) is 3. The third-order valence-electron chi connectivity index (χ3n) is 2.46. The van der Waals surface area contributed by atoms with Gasteiger partial charge in [-0.25, -0.2) is 0 Å². The lowest BCUT2D eigenvalue weighted by Gasteiger charge is -2.34. The van der Waals surface area contributed by atoms with E-state index in [-0.39, 0.29) is 22.8 Å². The van der Waals surface area contributed by atoms with Gasteiger partial charge in [0, 0.05) is 18.2 Å². The van der Waals surface area contributed by atoms with Crippen molar-refractivity contribution in [3.05, 3.63) is 0 Å². The minimum Gasteiger partial charge on any atom is -0.349 e. The van der Waals surface area contributed by atoms with Crippen LogP contribution in [0.3, 0.4) is 0 Å². The van der Waals surface area contributed by atoms with Gasteiger partial charge in [-0.3, -0.25) is 9.59 Å². The maximum Gasteiger partial charge on any atom is 0.243 e. The molecule has 1 atom stereocenters. The van der Waals surface area contributed by atoms with Crippen LogP contribution in [0.1, 0.15) is 48.0 Å². The van der Waals surface area contributed by atoms with E-state index in [1.54, 1.807) is 11.8 Å². The molecular formula is C14H28N2O2S. The minimum absolute atomic E-state index is 0.112. The summed E-state index contributed by atoms with van der Waals surface area (Å²) in [5, 5.41) is 5.73. The van der Waals surface area contributed by atoms with Crippen LogP contribution in [0.5, 0.6) is 0 Å². The summed E-state index contributed by atoms with van der Waals surface area (Å²) in [7, 11) is 0. The summed E-state index contributed by atoms with van der Waals surface area (Å²) in [6, 6.07) is -0.466. The number of nitrogens with one attached hydrogen (secondary N) is 2. The molecule has 2 amide bonds. The average molecular weight is 288 g/mol. The topological polar surface area (TPSA) is 58.2 Å². The molecule has 0 radical (unpaired) electrons. The lowest BCUT2D eigenvalue weighted by molar-refractivity contribution is -0.128. The van der Waals surface area contributed by atoms with Gasteiger partial charge in [0.25, 0.3) is 0 Å². The number of hydrogen-bond donors (Lipinski definition) is 2. The van der Waals surface area contributed by atoms with E-state index in [1.165, 1.54) is 6.92 Å². The molecule has 0 unspecified atom stereocenters. The molecule has 0 rings (SSSR count). The minimum atomic E-state index is -0.466. The Morgan fingerprint density at radius 1 is 1.16 bits per heavy atom. The van der Waals surface area contributed by atoms with Crippen LogP contribution in [0.25, 0.3) is 0 Å². The van der Waals surface area contributed by atoms with Gasteiger partial charge in [-0.1, -0.05) is 20.8 Å². The van der Waals surface area contributed by atoms with Gasteiger partial charge in [-0.05, 0) is 31.9 Å². The predicted molar refractivity (Wildman–Crippen MR) is 82.3 cm³/mol. The number of carbonyl (C=O) groups excluding carboxylic acids is 2. The molecule has 0 aromatic heterocycles. The zero-order chi connectivity index (χ0) is 15.3. The lowest BCUT2D eigenvalue weighted by Crippen LogP contribution is -2.54. The molecule has 0 aromatic rings. The van der Waals surface area contributed by atoms with Gasteiger partial charge in [-0.2, -0.15) is 11.8 Å². The first kappa shape index (κ1) is 18.3. The second-order valence-corrected chi connectivity index (χ2v) is 7.73. The Morgan fingerprint density at radius 3 is 2.05 bits per heavy atom. The molecule has 0 saturated carbocycles. The smallest absolute Gasteiger partial charge is 0.243 e. The normalized spacial score (nSPS) is 13.8. The van der Waals surface area contributed by atoms with Crippen molar-refractivity contribution in [2.45, 2.75) is 59.5 Å². The van der Waals surface area contributed by atoms with E-state index in [2.05, 4.69) is 31.4 Å². The highest BCUT2D eigenvalue weighted by Gasteiger charge is 2.29. The monoisotopic (exact) mass is 288 g/mol. The maximum atomic E-state index is 12.2. The van der Waals surface area contributed by atoms with Crippen molar-refractivity contribution < 1.29 is 9.59 Å². The highest BCUT2D eigenvalue weighted by Crippen LogP contribution is 2.26. The first-order valence-corrected chi connectivity index (χ1v) is 7.94. The van der Waals surface area contributed by atoms with Crippen LogP contribution in [0.4, 0.5) is 0 Å². The van der Waals surface area contributed by atoms with Gasteiger partial charge in [0.15, 0.2) is 0 Å². The SMILES string of the molecule is CSC[C@H](NC(C)=O)C(=O)NC(C)(C)CC(C)(C)C. The largest absolute Gasteiger partial charge is 0.349 e.